The molecule has 0 aromatic heterocycles. The number of ketones is 1. The number of hydrogen-bond donors (Lipinski definition) is 0. The second kappa shape index (κ2) is 6.63. The minimum atomic E-state index is -0.768. The Morgan fingerprint density at radius 1 is 0.933 bits per heavy atom. The van der Waals surface area contributed by atoms with Gasteiger partial charge in [-0.15, -0.1) is 0 Å². The van der Waals surface area contributed by atoms with E-state index in [1.165, 1.54) is 18.4 Å². The highest BCUT2D eigenvalue weighted by molar-refractivity contribution is 5.94. The smallest absolute Gasteiger partial charge is 0.198 e. The molecule has 166 valence electrons. The van der Waals surface area contributed by atoms with E-state index in [-0.39, 0.29) is 29.0 Å². The standard InChI is InChI=1S/C25H36O5/c1-15-17-4-5-18-22-19(6-7-23(17,18)2)24(3)14-21-25(29-10-8-27-15,30-11-9-28-21)13-16(24)12-20(22)26/h12,15,17-19,21-22H,4-11,13-14H2,1-3H3/t15?,17-,18-,19?,21?,22+,23-,24+,25?/m1/s1. The summed E-state index contributed by atoms with van der Waals surface area (Å²) in [4.78, 5) is 13.6. The van der Waals surface area contributed by atoms with Crippen molar-refractivity contribution in [1.82, 2.24) is 0 Å². The Kier molecular flexibility index (Phi) is 4.40. The molecular weight excluding hydrogens is 380 g/mol. The van der Waals surface area contributed by atoms with Gasteiger partial charge in [-0.3, -0.25) is 4.79 Å². The molecule has 0 N–H and O–H groups in total. The van der Waals surface area contributed by atoms with E-state index in [2.05, 4.69) is 20.8 Å². The van der Waals surface area contributed by atoms with E-state index in [0.29, 0.717) is 56.4 Å². The molecule has 9 aliphatic rings. The van der Waals surface area contributed by atoms with Crippen LogP contribution in [0.1, 0.15) is 59.3 Å². The fourth-order valence-corrected chi connectivity index (χ4v) is 8.67. The number of ether oxygens (including phenoxy) is 4. The maximum absolute atomic E-state index is 13.6. The van der Waals surface area contributed by atoms with E-state index < -0.39 is 5.79 Å². The van der Waals surface area contributed by atoms with Gasteiger partial charge in [-0.1, -0.05) is 19.4 Å². The predicted octanol–water partition coefficient (Wildman–Crippen LogP) is 3.90. The van der Waals surface area contributed by atoms with Crippen molar-refractivity contribution in [3.05, 3.63) is 11.6 Å². The Labute approximate surface area is 179 Å². The van der Waals surface area contributed by atoms with Crippen molar-refractivity contribution in [1.29, 1.82) is 0 Å². The second-order valence-corrected chi connectivity index (χ2v) is 11.3. The Hall–Kier alpha value is -0.750. The molecule has 4 unspecified atom stereocenters. The van der Waals surface area contributed by atoms with Gasteiger partial charge in [0, 0.05) is 12.3 Å². The van der Waals surface area contributed by atoms with Crippen molar-refractivity contribution >= 4 is 5.78 Å². The molecule has 3 saturated carbocycles. The topological polar surface area (TPSA) is 54.0 Å². The van der Waals surface area contributed by atoms with Crippen LogP contribution in [-0.2, 0) is 23.7 Å². The summed E-state index contributed by atoms with van der Waals surface area (Å²) in [5.41, 5.74) is 1.44. The third kappa shape index (κ3) is 2.52. The molecule has 0 aromatic carbocycles. The minimum absolute atomic E-state index is 0.00243. The largest absolute Gasteiger partial charge is 0.376 e. The van der Waals surface area contributed by atoms with Crippen molar-refractivity contribution in [3.8, 4) is 0 Å². The van der Waals surface area contributed by atoms with Gasteiger partial charge in [0.25, 0.3) is 0 Å². The van der Waals surface area contributed by atoms with Gasteiger partial charge < -0.3 is 18.9 Å². The minimum Gasteiger partial charge on any atom is -0.376 e. The highest BCUT2D eigenvalue weighted by atomic mass is 16.7. The molecule has 5 heterocycles. The number of carbonyl (C=O) groups excluding carboxylic acids is 1. The molecule has 4 aliphatic carbocycles. The van der Waals surface area contributed by atoms with Gasteiger partial charge in [0.1, 0.15) is 6.10 Å². The lowest BCUT2D eigenvalue weighted by Gasteiger charge is -2.60. The van der Waals surface area contributed by atoms with Crippen LogP contribution in [0.15, 0.2) is 11.6 Å². The van der Waals surface area contributed by atoms with Crippen molar-refractivity contribution in [2.75, 3.05) is 26.4 Å². The fraction of sp³-hybridized carbons (Fsp3) is 0.880. The van der Waals surface area contributed by atoms with E-state index in [9.17, 15) is 4.79 Å². The first kappa shape index (κ1) is 19.9. The summed E-state index contributed by atoms with van der Waals surface area (Å²) < 4.78 is 25.3. The van der Waals surface area contributed by atoms with Crippen molar-refractivity contribution < 1.29 is 23.7 Å². The zero-order valence-corrected chi connectivity index (χ0v) is 18.7. The predicted molar refractivity (Wildman–Crippen MR) is 111 cm³/mol. The van der Waals surface area contributed by atoms with E-state index in [1.807, 2.05) is 6.08 Å². The summed E-state index contributed by atoms with van der Waals surface area (Å²) >= 11 is 0. The average molecular weight is 417 g/mol. The Bertz CT molecular complexity index is 778. The van der Waals surface area contributed by atoms with E-state index in [4.69, 9.17) is 18.9 Å². The number of carbonyl (C=O) groups is 1. The van der Waals surface area contributed by atoms with Crippen LogP contribution in [0.25, 0.3) is 0 Å². The van der Waals surface area contributed by atoms with Crippen LogP contribution in [-0.4, -0.2) is 50.2 Å². The maximum atomic E-state index is 13.6. The van der Waals surface area contributed by atoms with Crippen LogP contribution in [0.5, 0.6) is 0 Å². The maximum Gasteiger partial charge on any atom is 0.198 e. The van der Waals surface area contributed by atoms with Crippen LogP contribution in [0.3, 0.4) is 0 Å². The molecule has 0 radical (unpaired) electrons. The van der Waals surface area contributed by atoms with Gasteiger partial charge in [0.2, 0.25) is 0 Å². The van der Waals surface area contributed by atoms with E-state index >= 15 is 0 Å². The molecule has 5 nitrogen and oxygen atoms in total. The fourth-order valence-electron chi connectivity index (χ4n) is 8.67. The molecule has 30 heavy (non-hydrogen) atoms. The Morgan fingerprint density at radius 2 is 1.67 bits per heavy atom. The van der Waals surface area contributed by atoms with Crippen molar-refractivity contribution in [2.24, 2.45) is 34.5 Å². The summed E-state index contributed by atoms with van der Waals surface area (Å²) in [6.07, 6.45) is 8.31. The molecular formula is C25H36O5. The van der Waals surface area contributed by atoms with Gasteiger partial charge in [-0.05, 0) is 73.7 Å². The molecule has 9 rings (SSSR count). The highest BCUT2D eigenvalue weighted by Gasteiger charge is 2.65. The molecule has 4 saturated heterocycles. The van der Waals surface area contributed by atoms with Gasteiger partial charge in [0.05, 0.1) is 32.5 Å². The van der Waals surface area contributed by atoms with E-state index in [0.717, 1.165) is 19.3 Å². The third-order valence-corrected chi connectivity index (χ3v) is 10.2. The van der Waals surface area contributed by atoms with Crippen LogP contribution in [0.2, 0.25) is 0 Å². The lowest BCUT2D eigenvalue weighted by molar-refractivity contribution is -0.342. The van der Waals surface area contributed by atoms with Crippen LogP contribution < -0.4 is 0 Å². The van der Waals surface area contributed by atoms with Gasteiger partial charge in [-0.25, -0.2) is 0 Å². The lowest BCUT2D eigenvalue weighted by atomic mass is 9.46. The van der Waals surface area contributed by atoms with Crippen LogP contribution in [0, 0.1) is 34.5 Å². The molecule has 7 fully saturated rings. The average Bonchev–Trinajstić information content (AvgIpc) is 3.07. The molecule has 8 bridgehead atoms. The highest BCUT2D eigenvalue weighted by Crippen LogP contribution is 2.67. The SMILES string of the molecule is CC1OCCOC23CC4=CC(=O)[C@@H]5C(CC[C@]6(C)[C@@H]1CC[C@H]56)[C@@]4(C)CC2OCCO3. The first-order valence-corrected chi connectivity index (χ1v) is 12.1. The molecule has 0 amide bonds. The number of rotatable bonds is 0. The first-order valence-electron chi connectivity index (χ1n) is 12.1. The monoisotopic (exact) mass is 416 g/mol. The van der Waals surface area contributed by atoms with Crippen molar-refractivity contribution in [2.45, 2.75) is 77.3 Å². The number of fused-ring (bicyclic) bond motifs is 1. The van der Waals surface area contributed by atoms with Crippen molar-refractivity contribution in [3.63, 3.8) is 0 Å². The summed E-state index contributed by atoms with van der Waals surface area (Å²) in [7, 11) is 0. The Balaban J connectivity index is 1.48. The molecule has 5 heteroatoms. The molecule has 0 aromatic rings. The van der Waals surface area contributed by atoms with Crippen LogP contribution >= 0.6 is 0 Å². The number of hydrogen-bond acceptors (Lipinski definition) is 5. The molecule has 1 spiro atoms. The molecule has 5 aliphatic heterocycles. The quantitative estimate of drug-likeness (QED) is 0.599. The van der Waals surface area contributed by atoms with Gasteiger partial charge in [-0.2, -0.15) is 0 Å². The third-order valence-electron chi connectivity index (χ3n) is 10.2. The normalized spacial score (nSPS) is 55.3. The zero-order chi connectivity index (χ0) is 20.7. The van der Waals surface area contributed by atoms with E-state index in [1.54, 1.807) is 0 Å². The first-order chi connectivity index (χ1) is 14.4. The summed E-state index contributed by atoms with van der Waals surface area (Å²) in [6.45, 7) is 9.32. The lowest BCUT2D eigenvalue weighted by Crippen LogP contribution is -2.63. The summed E-state index contributed by atoms with van der Waals surface area (Å²) in [5.74, 6) is 1.15. The second-order valence-electron chi connectivity index (χ2n) is 11.3. The summed E-state index contributed by atoms with van der Waals surface area (Å²) in [6, 6.07) is 0. The van der Waals surface area contributed by atoms with Gasteiger partial charge >= 0.3 is 0 Å². The molecule has 9 atom stereocenters. The number of allylic oxidation sites excluding steroid dienone is 1. The van der Waals surface area contributed by atoms with Gasteiger partial charge in [0.15, 0.2) is 11.6 Å². The Morgan fingerprint density at radius 3 is 2.47 bits per heavy atom. The zero-order valence-electron chi connectivity index (χ0n) is 18.7. The summed E-state index contributed by atoms with van der Waals surface area (Å²) in [5, 5.41) is 0. The van der Waals surface area contributed by atoms with Crippen LogP contribution in [0.4, 0.5) is 0 Å².